The van der Waals surface area contributed by atoms with Gasteiger partial charge in [0.1, 0.15) is 12.7 Å². The van der Waals surface area contributed by atoms with E-state index in [2.05, 4.69) is 208 Å². The fourth-order valence-corrected chi connectivity index (χ4v) is 10.9. The lowest BCUT2D eigenvalue weighted by molar-refractivity contribution is 1.05. The van der Waals surface area contributed by atoms with Gasteiger partial charge in [0.05, 0.1) is 11.0 Å². The molecule has 12 aromatic rings. The summed E-state index contributed by atoms with van der Waals surface area (Å²) in [4.78, 5) is 13.7. The first-order valence-corrected chi connectivity index (χ1v) is 21.5. The lowest BCUT2D eigenvalue weighted by Gasteiger charge is -2.34. The van der Waals surface area contributed by atoms with Crippen LogP contribution in [0.2, 0.25) is 0 Å². The highest BCUT2D eigenvalue weighted by Gasteiger charge is 2.42. The Balaban J connectivity index is 1.17. The van der Waals surface area contributed by atoms with Crippen LogP contribution in [0.25, 0.3) is 111 Å². The zero-order chi connectivity index (χ0) is 41.2. The molecule has 2 aliphatic rings. The van der Waals surface area contributed by atoms with Crippen LogP contribution in [0, 0.1) is 0 Å². The van der Waals surface area contributed by atoms with E-state index in [0.717, 1.165) is 16.9 Å². The van der Waals surface area contributed by atoms with Gasteiger partial charge < -0.3 is 9.13 Å². The van der Waals surface area contributed by atoms with Crippen molar-refractivity contribution in [3.05, 3.63) is 207 Å². The van der Waals surface area contributed by atoms with Crippen LogP contribution in [0.5, 0.6) is 0 Å². The molecule has 63 heavy (non-hydrogen) atoms. The molecular formula is C57H34BN5. The van der Waals surface area contributed by atoms with Gasteiger partial charge in [-0.05, 0) is 97.3 Å². The van der Waals surface area contributed by atoms with Gasteiger partial charge in [-0.3, -0.25) is 0 Å². The van der Waals surface area contributed by atoms with Gasteiger partial charge in [0.25, 0.3) is 6.71 Å². The van der Waals surface area contributed by atoms with Gasteiger partial charge in [-0.1, -0.05) is 158 Å². The molecule has 9 aromatic carbocycles. The average Bonchev–Trinajstić information content (AvgIpc) is 3.89. The largest absolute Gasteiger partial charge is 0.310 e. The third-order valence-electron chi connectivity index (χ3n) is 13.5. The minimum absolute atomic E-state index is 0.0436. The SMILES string of the molecule is c1ccc(-c2ccc3c(c2)c2c(-c4ccccc4)ccc4c2n3-c2cc(-c3ncncn3)cc3c2B4c2ccc(-c4ccccc4)c4c5cc(-c6ccccc6)ccc5n-3c24)cc1. The van der Waals surface area contributed by atoms with E-state index < -0.39 is 0 Å². The second kappa shape index (κ2) is 13.1. The molecule has 0 amide bonds. The second-order valence-electron chi connectivity index (χ2n) is 16.8. The Hall–Kier alpha value is -8.35. The summed E-state index contributed by atoms with van der Waals surface area (Å²) >= 11 is 0. The first-order chi connectivity index (χ1) is 31.3. The Morgan fingerprint density at radius 2 is 0.794 bits per heavy atom. The van der Waals surface area contributed by atoms with Crippen molar-refractivity contribution in [3.8, 4) is 67.3 Å². The smallest absolute Gasteiger partial charge is 0.252 e. The van der Waals surface area contributed by atoms with Crippen LogP contribution in [0.1, 0.15) is 0 Å². The summed E-state index contributed by atoms with van der Waals surface area (Å²) in [6, 6.07) is 71.5. The summed E-state index contributed by atoms with van der Waals surface area (Å²) < 4.78 is 5.09. The van der Waals surface area contributed by atoms with Crippen LogP contribution in [0.4, 0.5) is 0 Å². The Bertz CT molecular complexity index is 3590. The third-order valence-corrected chi connectivity index (χ3v) is 13.5. The summed E-state index contributed by atoms with van der Waals surface area (Å²) in [5.74, 6) is 0.645. The molecule has 14 rings (SSSR count). The third kappa shape index (κ3) is 4.86. The van der Waals surface area contributed by atoms with Crippen molar-refractivity contribution in [3.63, 3.8) is 0 Å². The number of aromatic nitrogens is 5. The summed E-state index contributed by atoms with van der Waals surface area (Å²) in [5, 5.41) is 4.99. The van der Waals surface area contributed by atoms with Gasteiger partial charge in [-0.2, -0.15) is 0 Å². The number of fused-ring (bicyclic) bond motifs is 10. The first kappa shape index (κ1) is 34.4. The number of nitrogens with zero attached hydrogens (tertiary/aromatic N) is 5. The lowest BCUT2D eigenvalue weighted by Crippen LogP contribution is -2.59. The molecular weight excluding hydrogens is 765 g/mol. The molecule has 0 N–H and O–H groups in total. The van der Waals surface area contributed by atoms with E-state index in [1.165, 1.54) is 105 Å². The molecule has 0 spiro atoms. The fourth-order valence-electron chi connectivity index (χ4n) is 10.9. The van der Waals surface area contributed by atoms with Crippen molar-refractivity contribution in [1.29, 1.82) is 0 Å². The quantitative estimate of drug-likeness (QED) is 0.163. The summed E-state index contributed by atoms with van der Waals surface area (Å²) in [5.41, 5.74) is 21.6. The molecule has 0 aliphatic carbocycles. The predicted octanol–water partition coefficient (Wildman–Crippen LogP) is 11.5. The molecule has 0 saturated heterocycles. The molecule has 3 aromatic heterocycles. The molecule has 2 aliphatic heterocycles. The molecule has 0 fully saturated rings. The standard InChI is InChI=1S/C57H34BN5/c1-5-13-35(14-6-1)39-21-27-48-44(29-39)52-42(37-17-9-3-10-18-37)23-25-46-55(52)62(48)50-31-41(57-60-33-59-34-61-57)32-51-54(50)58(46)47-26-24-43(38-19-11-4-12-20-38)53-45-30-40(36-15-7-2-8-16-36)22-28-49(45)63(51)56(47)53/h1-34H. The summed E-state index contributed by atoms with van der Waals surface area (Å²) in [7, 11) is 0. The first-order valence-electron chi connectivity index (χ1n) is 21.5. The number of hydrogen-bond acceptors (Lipinski definition) is 3. The van der Waals surface area contributed by atoms with E-state index in [-0.39, 0.29) is 6.71 Å². The lowest BCUT2D eigenvalue weighted by atomic mass is 9.34. The van der Waals surface area contributed by atoms with E-state index in [4.69, 9.17) is 9.97 Å². The predicted molar refractivity (Wildman–Crippen MR) is 260 cm³/mol. The number of hydrogen-bond donors (Lipinski definition) is 0. The minimum atomic E-state index is -0.0436. The zero-order valence-electron chi connectivity index (χ0n) is 33.9. The highest BCUT2D eigenvalue weighted by molar-refractivity contribution is 7.00. The highest BCUT2D eigenvalue weighted by Crippen LogP contribution is 2.46. The molecule has 0 unspecified atom stereocenters. The minimum Gasteiger partial charge on any atom is -0.310 e. The van der Waals surface area contributed by atoms with Crippen molar-refractivity contribution in [2.75, 3.05) is 0 Å². The Morgan fingerprint density at radius 3 is 1.24 bits per heavy atom. The number of rotatable bonds is 5. The van der Waals surface area contributed by atoms with Gasteiger partial charge in [0.2, 0.25) is 0 Å². The highest BCUT2D eigenvalue weighted by atomic mass is 15.0. The van der Waals surface area contributed by atoms with Crippen LogP contribution in [-0.4, -0.2) is 30.8 Å². The Morgan fingerprint density at radius 1 is 0.365 bits per heavy atom. The van der Waals surface area contributed by atoms with Crippen molar-refractivity contribution in [1.82, 2.24) is 24.1 Å². The van der Waals surface area contributed by atoms with Gasteiger partial charge in [0.15, 0.2) is 5.82 Å². The normalized spacial score (nSPS) is 12.4. The zero-order valence-corrected chi connectivity index (χ0v) is 33.9. The summed E-state index contributed by atoms with van der Waals surface area (Å²) in [6.45, 7) is -0.0436. The van der Waals surface area contributed by atoms with E-state index in [1.54, 1.807) is 12.7 Å². The van der Waals surface area contributed by atoms with Gasteiger partial charge >= 0.3 is 0 Å². The topological polar surface area (TPSA) is 48.5 Å². The van der Waals surface area contributed by atoms with E-state index in [1.807, 2.05) is 0 Å². The Labute approximate surface area is 363 Å². The van der Waals surface area contributed by atoms with E-state index in [0.29, 0.717) is 5.82 Å². The van der Waals surface area contributed by atoms with Crippen molar-refractivity contribution >= 4 is 66.7 Å². The van der Waals surface area contributed by atoms with Gasteiger partial charge in [-0.15, -0.1) is 0 Å². The Kier molecular flexibility index (Phi) is 7.14. The fraction of sp³-hybridized carbons (Fsp3) is 0. The van der Waals surface area contributed by atoms with Crippen LogP contribution >= 0.6 is 0 Å². The maximum atomic E-state index is 4.75. The molecule has 6 heteroatoms. The molecule has 5 nitrogen and oxygen atoms in total. The van der Waals surface area contributed by atoms with Crippen LogP contribution in [0.15, 0.2) is 207 Å². The molecule has 5 heterocycles. The van der Waals surface area contributed by atoms with Crippen LogP contribution in [-0.2, 0) is 0 Å². The van der Waals surface area contributed by atoms with Crippen molar-refractivity contribution in [2.24, 2.45) is 0 Å². The average molecular weight is 800 g/mol. The van der Waals surface area contributed by atoms with Gasteiger partial charge in [0, 0.05) is 49.5 Å². The van der Waals surface area contributed by atoms with Crippen LogP contribution in [0.3, 0.4) is 0 Å². The van der Waals surface area contributed by atoms with E-state index in [9.17, 15) is 0 Å². The molecule has 0 atom stereocenters. The summed E-state index contributed by atoms with van der Waals surface area (Å²) in [6.07, 6.45) is 3.20. The molecule has 0 bridgehead atoms. The molecule has 290 valence electrons. The monoisotopic (exact) mass is 799 g/mol. The van der Waals surface area contributed by atoms with Gasteiger partial charge in [-0.25, -0.2) is 15.0 Å². The van der Waals surface area contributed by atoms with E-state index >= 15 is 0 Å². The maximum Gasteiger partial charge on any atom is 0.252 e. The second-order valence-corrected chi connectivity index (χ2v) is 16.8. The van der Waals surface area contributed by atoms with Crippen molar-refractivity contribution in [2.45, 2.75) is 0 Å². The number of benzene rings is 9. The maximum absolute atomic E-state index is 4.75. The van der Waals surface area contributed by atoms with Crippen molar-refractivity contribution < 1.29 is 0 Å². The van der Waals surface area contributed by atoms with Crippen LogP contribution < -0.4 is 16.4 Å². The molecule has 0 radical (unpaired) electrons. The molecule has 0 saturated carbocycles.